The molecule has 4 aromatic rings. The van der Waals surface area contributed by atoms with Gasteiger partial charge in [0.2, 0.25) is 0 Å². The summed E-state index contributed by atoms with van der Waals surface area (Å²) in [5.74, 6) is 1.75. The molecule has 1 unspecified atom stereocenters. The molecule has 1 fully saturated rings. The first kappa shape index (κ1) is 27.2. The van der Waals surface area contributed by atoms with Crippen LogP contribution in [0.3, 0.4) is 0 Å². The van der Waals surface area contributed by atoms with Gasteiger partial charge in [0.15, 0.2) is 5.78 Å². The minimum Gasteiger partial charge on any atom is -0.508 e. The van der Waals surface area contributed by atoms with Crippen molar-refractivity contribution in [1.82, 2.24) is 9.97 Å². The highest BCUT2D eigenvalue weighted by Crippen LogP contribution is 2.41. The van der Waals surface area contributed by atoms with E-state index in [2.05, 4.69) is 18.5 Å². The molecule has 1 heterocycles. The summed E-state index contributed by atoms with van der Waals surface area (Å²) in [5, 5.41) is 11.2. The molecule has 0 spiro atoms. The molecular weight excluding hydrogens is 504 g/mol. The standard InChI is InChI=1S/C34H37ClN2O2/c1-3-11-24(23-12-6-4-5-7-13-23)21-32(39)25-18-19-26(28(20-25)22(2)38)33-27(14-10-15-29(33)35)34-36-30-16-8-9-17-31(30)37-34/h8-10,14-20,23-24,38H,2-7,11-13,21H2,1H3,(H,36,37). The van der Waals surface area contributed by atoms with Gasteiger partial charge in [-0.3, -0.25) is 4.79 Å². The van der Waals surface area contributed by atoms with Crippen LogP contribution in [0.1, 0.15) is 80.6 Å². The molecule has 1 aromatic heterocycles. The van der Waals surface area contributed by atoms with E-state index in [0.717, 1.165) is 35.0 Å². The Labute approximate surface area is 236 Å². The van der Waals surface area contributed by atoms with Gasteiger partial charge in [0.05, 0.1) is 11.0 Å². The molecule has 1 atom stereocenters. The summed E-state index contributed by atoms with van der Waals surface area (Å²) in [4.78, 5) is 21.7. The lowest BCUT2D eigenvalue weighted by molar-refractivity contribution is 0.0933. The van der Waals surface area contributed by atoms with Crippen LogP contribution in [0.5, 0.6) is 0 Å². The molecule has 5 rings (SSSR count). The molecule has 1 aliphatic rings. The zero-order chi connectivity index (χ0) is 27.4. The molecule has 4 nitrogen and oxygen atoms in total. The number of ketones is 1. The lowest BCUT2D eigenvalue weighted by Crippen LogP contribution is -2.18. The summed E-state index contributed by atoms with van der Waals surface area (Å²) in [6.07, 6.45) is 10.3. The molecule has 1 saturated carbocycles. The average molecular weight is 541 g/mol. The number of aliphatic hydroxyl groups is 1. The van der Waals surface area contributed by atoms with Crippen LogP contribution in [-0.2, 0) is 0 Å². The quantitative estimate of drug-likeness (QED) is 0.126. The number of hydrogen-bond donors (Lipinski definition) is 2. The fourth-order valence-electron chi connectivity index (χ4n) is 6.26. The highest BCUT2D eigenvalue weighted by atomic mass is 35.5. The Kier molecular flexibility index (Phi) is 8.52. The summed E-state index contributed by atoms with van der Waals surface area (Å²) in [5.41, 5.74) is 5.18. The number of aliphatic hydroxyl groups excluding tert-OH is 1. The summed E-state index contributed by atoms with van der Waals surface area (Å²) in [6.45, 7) is 6.04. The largest absolute Gasteiger partial charge is 0.508 e. The first-order chi connectivity index (χ1) is 19.0. The molecular formula is C34H37ClN2O2. The fourth-order valence-corrected chi connectivity index (χ4v) is 6.54. The molecule has 1 aliphatic carbocycles. The van der Waals surface area contributed by atoms with Crippen LogP contribution in [0.4, 0.5) is 0 Å². The van der Waals surface area contributed by atoms with Gasteiger partial charge in [0, 0.05) is 33.7 Å². The van der Waals surface area contributed by atoms with E-state index >= 15 is 0 Å². The van der Waals surface area contributed by atoms with Crippen molar-refractivity contribution < 1.29 is 9.90 Å². The number of imidazole rings is 1. The Morgan fingerprint density at radius 1 is 1.05 bits per heavy atom. The minimum absolute atomic E-state index is 0.0935. The van der Waals surface area contributed by atoms with E-state index in [-0.39, 0.29) is 11.5 Å². The van der Waals surface area contributed by atoms with Crippen molar-refractivity contribution in [2.24, 2.45) is 11.8 Å². The number of carbonyl (C=O) groups excluding carboxylic acids is 1. The van der Waals surface area contributed by atoms with Crippen molar-refractivity contribution in [2.75, 3.05) is 0 Å². The number of aromatic nitrogens is 2. The van der Waals surface area contributed by atoms with E-state index in [9.17, 15) is 9.90 Å². The van der Waals surface area contributed by atoms with Crippen molar-refractivity contribution in [3.05, 3.63) is 83.4 Å². The van der Waals surface area contributed by atoms with Gasteiger partial charge in [-0.2, -0.15) is 0 Å². The number of hydrogen-bond acceptors (Lipinski definition) is 3. The predicted octanol–water partition coefficient (Wildman–Crippen LogP) is 10.0. The summed E-state index contributed by atoms with van der Waals surface area (Å²) in [7, 11) is 0. The van der Waals surface area contributed by atoms with Crippen molar-refractivity contribution in [3.63, 3.8) is 0 Å². The smallest absolute Gasteiger partial charge is 0.163 e. The fraction of sp³-hybridized carbons (Fsp3) is 0.353. The number of H-pyrrole nitrogens is 1. The number of nitrogens with one attached hydrogen (secondary N) is 1. The lowest BCUT2D eigenvalue weighted by Gasteiger charge is -2.25. The second-order valence-electron chi connectivity index (χ2n) is 10.9. The van der Waals surface area contributed by atoms with Crippen LogP contribution in [0.15, 0.2) is 67.2 Å². The van der Waals surface area contributed by atoms with Crippen molar-refractivity contribution in [1.29, 1.82) is 0 Å². The molecule has 202 valence electrons. The molecule has 0 aliphatic heterocycles. The van der Waals surface area contributed by atoms with Crippen LogP contribution < -0.4 is 0 Å². The number of para-hydroxylation sites is 2. The number of Topliss-reactive ketones (excluding diaryl/α,β-unsaturated/α-hetero) is 1. The van der Waals surface area contributed by atoms with Gasteiger partial charge in [0.25, 0.3) is 0 Å². The average Bonchev–Trinajstić information content (AvgIpc) is 3.18. The zero-order valence-electron chi connectivity index (χ0n) is 22.7. The maximum atomic E-state index is 13.6. The number of fused-ring (bicyclic) bond motifs is 1. The SMILES string of the molecule is C=C(O)c1cc(C(=O)CC(CCC)C2CCCCCC2)ccc1-c1c(Cl)cccc1-c1nc2ccccc2[nH]1. The molecule has 0 amide bonds. The van der Waals surface area contributed by atoms with Gasteiger partial charge in [-0.15, -0.1) is 0 Å². The monoisotopic (exact) mass is 540 g/mol. The van der Waals surface area contributed by atoms with Gasteiger partial charge in [-0.25, -0.2) is 4.98 Å². The van der Waals surface area contributed by atoms with Gasteiger partial charge >= 0.3 is 0 Å². The Balaban J connectivity index is 1.50. The minimum atomic E-state index is -0.0935. The second-order valence-corrected chi connectivity index (χ2v) is 11.3. The molecule has 39 heavy (non-hydrogen) atoms. The van der Waals surface area contributed by atoms with E-state index in [0.29, 0.717) is 45.8 Å². The topological polar surface area (TPSA) is 66.0 Å². The Bertz CT molecular complexity index is 1450. The highest BCUT2D eigenvalue weighted by molar-refractivity contribution is 6.34. The summed E-state index contributed by atoms with van der Waals surface area (Å²) in [6, 6.07) is 19.1. The summed E-state index contributed by atoms with van der Waals surface area (Å²) < 4.78 is 0. The number of rotatable bonds is 9. The normalized spacial score (nSPS) is 15.2. The number of carbonyl (C=O) groups is 1. The van der Waals surface area contributed by atoms with Crippen LogP contribution in [0.2, 0.25) is 5.02 Å². The lowest BCUT2D eigenvalue weighted by atomic mass is 9.79. The number of benzene rings is 3. The van der Waals surface area contributed by atoms with Crippen molar-refractivity contribution in [3.8, 4) is 22.5 Å². The Morgan fingerprint density at radius 2 is 1.82 bits per heavy atom. The van der Waals surface area contributed by atoms with Crippen LogP contribution in [0, 0.1) is 11.8 Å². The van der Waals surface area contributed by atoms with Crippen LogP contribution >= 0.6 is 11.6 Å². The van der Waals surface area contributed by atoms with Gasteiger partial charge in [-0.1, -0.05) is 113 Å². The molecule has 0 bridgehead atoms. The first-order valence-corrected chi connectivity index (χ1v) is 14.6. The third-order valence-electron chi connectivity index (χ3n) is 8.25. The molecule has 3 aromatic carbocycles. The number of aromatic amines is 1. The van der Waals surface area contributed by atoms with Crippen molar-refractivity contribution in [2.45, 2.75) is 64.7 Å². The Morgan fingerprint density at radius 3 is 2.54 bits per heavy atom. The third-order valence-corrected chi connectivity index (χ3v) is 8.57. The zero-order valence-corrected chi connectivity index (χ0v) is 23.4. The Hall–Kier alpha value is -3.37. The van der Waals surface area contributed by atoms with Crippen molar-refractivity contribution >= 4 is 34.2 Å². The van der Waals surface area contributed by atoms with Crippen LogP contribution in [-0.4, -0.2) is 20.9 Å². The first-order valence-electron chi connectivity index (χ1n) is 14.3. The van der Waals surface area contributed by atoms with E-state index in [1.807, 2.05) is 54.6 Å². The maximum absolute atomic E-state index is 13.6. The molecule has 0 saturated heterocycles. The van der Waals surface area contributed by atoms with Gasteiger partial charge in [0.1, 0.15) is 11.6 Å². The molecule has 5 heteroatoms. The number of halogens is 1. The van der Waals surface area contributed by atoms with Gasteiger partial charge in [-0.05, 0) is 41.7 Å². The third kappa shape index (κ3) is 5.96. The summed E-state index contributed by atoms with van der Waals surface area (Å²) >= 11 is 6.77. The van der Waals surface area contributed by atoms with E-state index in [1.165, 1.54) is 38.5 Å². The van der Waals surface area contributed by atoms with E-state index in [4.69, 9.17) is 16.6 Å². The predicted molar refractivity (Wildman–Crippen MR) is 162 cm³/mol. The van der Waals surface area contributed by atoms with Crippen LogP contribution in [0.25, 0.3) is 39.3 Å². The maximum Gasteiger partial charge on any atom is 0.163 e. The number of nitrogens with zero attached hydrogens (tertiary/aromatic N) is 1. The molecule has 2 N–H and O–H groups in total. The van der Waals surface area contributed by atoms with E-state index < -0.39 is 0 Å². The van der Waals surface area contributed by atoms with Gasteiger partial charge < -0.3 is 10.1 Å². The second kappa shape index (κ2) is 12.2. The van der Waals surface area contributed by atoms with E-state index in [1.54, 1.807) is 6.07 Å². The molecule has 0 radical (unpaired) electrons. The highest BCUT2D eigenvalue weighted by Gasteiger charge is 2.26.